The van der Waals surface area contributed by atoms with E-state index < -0.39 is 0 Å². The Bertz CT molecular complexity index is 2650. The van der Waals surface area contributed by atoms with Crippen molar-refractivity contribution in [1.29, 1.82) is 0 Å². The number of carbonyl (C=O) groups excluding carboxylic acids is 2. The van der Waals surface area contributed by atoms with E-state index in [0.29, 0.717) is 121 Å². The second kappa shape index (κ2) is 75.1. The van der Waals surface area contributed by atoms with Gasteiger partial charge in [-0.05, 0) is 111 Å². The van der Waals surface area contributed by atoms with Crippen molar-refractivity contribution in [3.8, 4) is 46.0 Å². The van der Waals surface area contributed by atoms with Crippen LogP contribution >= 0.6 is 0 Å². The Kier molecular flexibility index (Phi) is 66.1. The van der Waals surface area contributed by atoms with Crippen LogP contribution in [0.3, 0.4) is 0 Å². The average Bonchev–Trinajstić information content (AvgIpc) is 0.819. The molecular formula is C102H172N4O10. The Morgan fingerprint density at radius 3 is 0.603 bits per heavy atom. The standard InChI is InChI=1S/C102H172N4O10/c1-7-13-19-25-31-37-43-49-55-61-77-111-95-85-89(86-96(112-78-62-56-50-44-38-32-26-20-14-8-2)99(95)115-81-65-59-53-47-41-35-29-23-17-11-5)101(107)103-75-83-109-93-71-67-91(68-72-93)105-106-92-69-73-94(74-70-92)110-84-76-104-102(108)90-87-97(113-79-63-57-51-45-39-33-27-21-15-9-3)100(116-82-66-60-54-48-42-36-30-24-18-12-6)98(88-90)114-80-64-58-52-46-40-34-28-22-16-10-4/h67-74,85-88H,7-66,75-84H2,1-6H3,(H,103,107)(H,104,108). The van der Waals surface area contributed by atoms with Crippen LogP contribution in [0.1, 0.15) is 448 Å². The molecule has 2 N–H and O–H groups in total. The molecule has 0 heterocycles. The van der Waals surface area contributed by atoms with Crippen molar-refractivity contribution in [3.63, 3.8) is 0 Å². The van der Waals surface area contributed by atoms with Crippen molar-refractivity contribution in [3.05, 3.63) is 83.9 Å². The van der Waals surface area contributed by atoms with E-state index in [9.17, 15) is 9.59 Å². The number of nitrogens with zero attached hydrogens (tertiary/aromatic N) is 2. The summed E-state index contributed by atoms with van der Waals surface area (Å²) < 4.78 is 51.9. The van der Waals surface area contributed by atoms with Gasteiger partial charge in [-0.25, -0.2) is 0 Å². The predicted molar refractivity (Wildman–Crippen MR) is 490 cm³/mol. The quantitative estimate of drug-likeness (QED) is 0.0322. The largest absolute Gasteiger partial charge is 0.492 e. The topological polar surface area (TPSA) is 157 Å². The molecule has 0 aliphatic rings. The third-order valence-electron chi connectivity index (χ3n) is 22.3. The highest BCUT2D eigenvalue weighted by Crippen LogP contribution is 2.42. The number of nitrogens with one attached hydrogen (secondary N) is 2. The second-order valence-electron chi connectivity index (χ2n) is 33.2. The lowest BCUT2D eigenvalue weighted by Gasteiger charge is -2.19. The smallest absolute Gasteiger partial charge is 0.251 e. The van der Waals surface area contributed by atoms with Gasteiger partial charge >= 0.3 is 0 Å². The fourth-order valence-electron chi connectivity index (χ4n) is 14.9. The first-order valence-corrected chi connectivity index (χ1v) is 48.9. The molecular weight excluding hydrogens is 1440 g/mol. The SMILES string of the molecule is CCCCCCCCCCCCOc1cc(C(=O)NCCOc2ccc(N=Nc3ccc(OCCNC(=O)c4cc(OCCCCCCCCCCCC)c(OCCCCCCCCCCCC)c(OCCCCCCCCCCCC)c4)cc3)cc2)cc(OCCCCCCCCCCCC)c1OCCCCCCCCCCCC. The molecule has 4 aromatic carbocycles. The summed E-state index contributed by atoms with van der Waals surface area (Å²) in [7, 11) is 0. The zero-order valence-corrected chi connectivity index (χ0v) is 75.4. The Labute approximate surface area is 710 Å². The van der Waals surface area contributed by atoms with Gasteiger partial charge in [-0.1, -0.05) is 388 Å². The molecule has 14 nitrogen and oxygen atoms in total. The molecule has 0 radical (unpaired) electrons. The average molecular weight is 1610 g/mol. The van der Waals surface area contributed by atoms with Crippen molar-refractivity contribution in [1.82, 2.24) is 10.6 Å². The first-order chi connectivity index (χ1) is 57.3. The highest BCUT2D eigenvalue weighted by atomic mass is 16.5. The molecule has 660 valence electrons. The molecule has 0 saturated carbocycles. The Morgan fingerprint density at radius 2 is 0.405 bits per heavy atom. The fraction of sp³-hybridized carbons (Fsp3) is 0.745. The van der Waals surface area contributed by atoms with Crippen molar-refractivity contribution >= 4 is 23.2 Å². The minimum Gasteiger partial charge on any atom is -0.492 e. The minimum absolute atomic E-state index is 0.220. The van der Waals surface area contributed by atoms with Crippen LogP contribution in [0.2, 0.25) is 0 Å². The molecule has 0 unspecified atom stereocenters. The van der Waals surface area contributed by atoms with E-state index >= 15 is 0 Å². The Morgan fingerprint density at radius 1 is 0.224 bits per heavy atom. The van der Waals surface area contributed by atoms with Crippen molar-refractivity contribution in [2.24, 2.45) is 10.2 Å². The number of carbonyl (C=O) groups is 2. The summed E-state index contributed by atoms with van der Waals surface area (Å²) in [5.41, 5.74) is 2.29. The number of amides is 2. The van der Waals surface area contributed by atoms with E-state index in [2.05, 4.69) is 62.4 Å². The molecule has 0 aromatic heterocycles. The maximum Gasteiger partial charge on any atom is 0.251 e. The van der Waals surface area contributed by atoms with Crippen LogP contribution in [0, 0.1) is 0 Å². The summed E-state index contributed by atoms with van der Waals surface area (Å²) in [5.74, 6) is 4.42. The van der Waals surface area contributed by atoms with Gasteiger partial charge in [-0.3, -0.25) is 9.59 Å². The number of rotatable bonds is 84. The van der Waals surface area contributed by atoms with Gasteiger partial charge in [0.15, 0.2) is 23.0 Å². The zero-order valence-electron chi connectivity index (χ0n) is 75.4. The summed E-state index contributed by atoms with van der Waals surface area (Å²) in [4.78, 5) is 28.2. The Balaban J connectivity index is 1.35. The van der Waals surface area contributed by atoms with Gasteiger partial charge in [0.05, 0.1) is 64.1 Å². The van der Waals surface area contributed by atoms with Gasteiger partial charge in [0.25, 0.3) is 11.8 Å². The van der Waals surface area contributed by atoms with Crippen LogP contribution in [-0.2, 0) is 0 Å². The van der Waals surface area contributed by atoms with E-state index in [1.54, 1.807) is 0 Å². The van der Waals surface area contributed by atoms with Crippen LogP contribution in [0.25, 0.3) is 0 Å². The second-order valence-corrected chi connectivity index (χ2v) is 33.2. The van der Waals surface area contributed by atoms with Crippen LogP contribution in [0.5, 0.6) is 46.0 Å². The highest BCUT2D eigenvalue weighted by Gasteiger charge is 2.22. The molecule has 14 heteroatoms. The van der Waals surface area contributed by atoms with Gasteiger partial charge in [-0.2, -0.15) is 10.2 Å². The van der Waals surface area contributed by atoms with Gasteiger partial charge in [0, 0.05) is 11.1 Å². The molecule has 0 aliphatic heterocycles. The molecule has 0 bridgehead atoms. The highest BCUT2D eigenvalue weighted by molar-refractivity contribution is 5.96. The van der Waals surface area contributed by atoms with Crippen LogP contribution in [0.15, 0.2) is 83.0 Å². The number of hydrogen-bond acceptors (Lipinski definition) is 12. The molecule has 116 heavy (non-hydrogen) atoms. The summed E-state index contributed by atoms with van der Waals surface area (Å²) in [5, 5.41) is 15.2. The summed E-state index contributed by atoms with van der Waals surface area (Å²) >= 11 is 0. The van der Waals surface area contributed by atoms with E-state index in [0.717, 1.165) is 77.0 Å². The molecule has 2 amide bonds. The zero-order chi connectivity index (χ0) is 82.6. The van der Waals surface area contributed by atoms with E-state index in [4.69, 9.17) is 37.9 Å². The molecule has 0 aliphatic carbocycles. The van der Waals surface area contributed by atoms with Gasteiger partial charge in [0.2, 0.25) is 11.5 Å². The van der Waals surface area contributed by atoms with Crippen molar-refractivity contribution < 1.29 is 47.5 Å². The number of unbranched alkanes of at least 4 members (excludes halogenated alkanes) is 54. The number of benzene rings is 4. The summed E-state index contributed by atoms with van der Waals surface area (Å²) in [6.07, 6.45) is 74.9. The van der Waals surface area contributed by atoms with E-state index in [1.807, 2.05) is 72.8 Å². The van der Waals surface area contributed by atoms with Crippen molar-refractivity contribution in [2.75, 3.05) is 65.9 Å². The normalized spacial score (nSPS) is 11.4. The third-order valence-corrected chi connectivity index (χ3v) is 22.3. The van der Waals surface area contributed by atoms with Gasteiger partial charge in [-0.15, -0.1) is 0 Å². The molecule has 0 fully saturated rings. The van der Waals surface area contributed by atoms with Crippen molar-refractivity contribution in [2.45, 2.75) is 427 Å². The number of ether oxygens (including phenoxy) is 8. The minimum atomic E-state index is -0.220. The molecule has 0 atom stereocenters. The first-order valence-electron chi connectivity index (χ1n) is 48.9. The number of hydrogen-bond donors (Lipinski definition) is 2. The number of azo groups is 1. The van der Waals surface area contributed by atoms with Gasteiger partial charge in [0.1, 0.15) is 24.7 Å². The van der Waals surface area contributed by atoms with Gasteiger partial charge < -0.3 is 48.5 Å². The Hall–Kier alpha value is -6.18. The predicted octanol–water partition coefficient (Wildman–Crippen LogP) is 31.5. The first kappa shape index (κ1) is 102. The maximum atomic E-state index is 14.1. The summed E-state index contributed by atoms with van der Waals surface area (Å²) in [6.45, 7) is 18.2. The lowest BCUT2D eigenvalue weighted by atomic mass is 10.1. The molecule has 0 spiro atoms. The lowest BCUT2D eigenvalue weighted by Crippen LogP contribution is -2.28. The molecule has 0 saturated heterocycles. The molecule has 4 rings (SSSR count). The van der Waals surface area contributed by atoms with E-state index in [-0.39, 0.29) is 25.0 Å². The maximum absolute atomic E-state index is 14.1. The molecule has 4 aromatic rings. The van der Waals surface area contributed by atoms with Crippen LogP contribution in [0.4, 0.5) is 11.4 Å². The van der Waals surface area contributed by atoms with E-state index in [1.165, 1.54) is 308 Å². The van der Waals surface area contributed by atoms with Crippen LogP contribution < -0.4 is 48.5 Å². The summed E-state index contributed by atoms with van der Waals surface area (Å²) in [6, 6.07) is 22.3. The monoisotopic (exact) mass is 1610 g/mol. The fourth-order valence-corrected chi connectivity index (χ4v) is 14.9. The third kappa shape index (κ3) is 54.1. The lowest BCUT2D eigenvalue weighted by molar-refractivity contribution is 0.0938. The van der Waals surface area contributed by atoms with Crippen LogP contribution in [-0.4, -0.2) is 77.8 Å².